The van der Waals surface area contributed by atoms with Crippen LogP contribution in [0.4, 0.5) is 0 Å². The van der Waals surface area contributed by atoms with E-state index in [9.17, 15) is 9.59 Å². The molecule has 1 aromatic carbocycles. The Morgan fingerprint density at radius 2 is 1.91 bits per heavy atom. The first-order valence-corrected chi connectivity index (χ1v) is 12.7. The third-order valence-corrected chi connectivity index (χ3v) is 6.75. The summed E-state index contributed by atoms with van der Waals surface area (Å²) in [6.45, 7) is 10.1. The zero-order chi connectivity index (χ0) is 25.1. The molecule has 1 N–H and O–H groups in total. The third-order valence-electron chi connectivity index (χ3n) is 5.86. The van der Waals surface area contributed by atoms with Crippen LogP contribution in [0.2, 0.25) is 0 Å². The molecule has 7 nitrogen and oxygen atoms in total. The molecule has 4 rings (SSSR count). The molecule has 2 aliphatic rings. The standard InChI is InChI=1S/C27H31N3O4S/c1-16(2)19-8-10-20(11-9-19)25-24(26(32)34-17(3)4)18(5)29-27-30(25)21(15-35-27)13-23(31)28-14-22-7-6-12-33-22/h6-12,15-17,25H,13-14H2,1-5H3,(H,28,31)/t25-/m0/s1. The molecule has 0 unspecified atom stereocenters. The van der Waals surface area contributed by atoms with E-state index in [0.717, 1.165) is 16.4 Å². The number of hydrogen-bond donors (Lipinski definition) is 1. The topological polar surface area (TPSA) is 84.1 Å². The largest absolute Gasteiger partial charge is 0.467 e. The van der Waals surface area contributed by atoms with Gasteiger partial charge in [-0.3, -0.25) is 4.79 Å². The molecule has 8 heteroatoms. The fraction of sp³-hybridized carbons (Fsp3) is 0.370. The molecule has 1 atom stereocenters. The van der Waals surface area contributed by atoms with Crippen molar-refractivity contribution in [1.82, 2.24) is 10.2 Å². The van der Waals surface area contributed by atoms with Gasteiger partial charge in [-0.05, 0) is 55.4 Å². The van der Waals surface area contributed by atoms with E-state index in [-0.39, 0.29) is 18.4 Å². The first-order chi connectivity index (χ1) is 16.7. The summed E-state index contributed by atoms with van der Waals surface area (Å²) in [5.74, 6) is 0.553. The maximum Gasteiger partial charge on any atom is 0.338 e. The zero-order valence-corrected chi connectivity index (χ0v) is 21.5. The van der Waals surface area contributed by atoms with Crippen LogP contribution in [0.15, 0.2) is 74.4 Å². The average molecular weight is 494 g/mol. The number of esters is 1. The van der Waals surface area contributed by atoms with Crippen LogP contribution in [0, 0.1) is 0 Å². The number of aliphatic imine (C=N–C) groups is 1. The predicted molar refractivity (Wildman–Crippen MR) is 137 cm³/mol. The van der Waals surface area contributed by atoms with Crippen LogP contribution in [0.25, 0.3) is 0 Å². The van der Waals surface area contributed by atoms with E-state index < -0.39 is 12.0 Å². The number of carbonyl (C=O) groups excluding carboxylic acids is 2. The Morgan fingerprint density at radius 3 is 2.54 bits per heavy atom. The lowest BCUT2D eigenvalue weighted by atomic mass is 9.92. The number of hydrogen-bond acceptors (Lipinski definition) is 7. The Morgan fingerprint density at radius 1 is 1.17 bits per heavy atom. The number of furan rings is 1. The molecule has 1 amide bonds. The van der Waals surface area contributed by atoms with E-state index in [1.54, 1.807) is 12.3 Å². The van der Waals surface area contributed by atoms with Gasteiger partial charge in [-0.2, -0.15) is 0 Å². The van der Waals surface area contributed by atoms with Crippen LogP contribution < -0.4 is 5.32 Å². The number of benzene rings is 1. The van der Waals surface area contributed by atoms with Gasteiger partial charge in [-0.25, -0.2) is 9.79 Å². The van der Waals surface area contributed by atoms with E-state index in [1.165, 1.54) is 17.3 Å². The van der Waals surface area contributed by atoms with Crippen molar-refractivity contribution in [1.29, 1.82) is 0 Å². The monoisotopic (exact) mass is 493 g/mol. The van der Waals surface area contributed by atoms with Crippen molar-refractivity contribution in [3.63, 3.8) is 0 Å². The van der Waals surface area contributed by atoms with Crippen LogP contribution in [-0.2, 0) is 20.9 Å². The van der Waals surface area contributed by atoms with Gasteiger partial charge < -0.3 is 19.4 Å². The maximum absolute atomic E-state index is 13.2. The normalized spacial score (nSPS) is 17.5. The molecular formula is C27H31N3O4S. The van der Waals surface area contributed by atoms with E-state index in [4.69, 9.17) is 14.1 Å². The highest BCUT2D eigenvalue weighted by molar-refractivity contribution is 8.16. The van der Waals surface area contributed by atoms with Crippen molar-refractivity contribution in [2.75, 3.05) is 0 Å². The van der Waals surface area contributed by atoms with Crippen molar-refractivity contribution in [2.45, 2.75) is 65.6 Å². The Bertz CT molecular complexity index is 1180. The molecule has 0 saturated carbocycles. The number of ether oxygens (including phenoxy) is 1. The molecule has 2 aromatic rings. The Kier molecular flexibility index (Phi) is 7.50. The molecule has 1 aromatic heterocycles. The van der Waals surface area contributed by atoms with E-state index in [1.807, 2.05) is 37.1 Å². The zero-order valence-electron chi connectivity index (χ0n) is 20.7. The molecule has 35 heavy (non-hydrogen) atoms. The van der Waals surface area contributed by atoms with Gasteiger partial charge in [-0.15, -0.1) is 0 Å². The van der Waals surface area contributed by atoms with Crippen LogP contribution in [0.1, 0.15) is 69.9 Å². The fourth-order valence-corrected chi connectivity index (χ4v) is 5.08. The number of amides is 1. The summed E-state index contributed by atoms with van der Waals surface area (Å²) in [5.41, 5.74) is 4.06. The molecular weight excluding hydrogens is 462 g/mol. The lowest BCUT2D eigenvalue weighted by molar-refractivity contribution is -0.143. The minimum Gasteiger partial charge on any atom is -0.467 e. The van der Waals surface area contributed by atoms with E-state index >= 15 is 0 Å². The van der Waals surface area contributed by atoms with E-state index in [0.29, 0.717) is 29.5 Å². The van der Waals surface area contributed by atoms with Gasteiger partial charge in [0.05, 0.1) is 42.6 Å². The van der Waals surface area contributed by atoms with Gasteiger partial charge in [0.2, 0.25) is 5.91 Å². The number of carbonyl (C=O) groups is 2. The molecule has 3 heterocycles. The van der Waals surface area contributed by atoms with Crippen LogP contribution in [-0.4, -0.2) is 28.0 Å². The predicted octanol–water partition coefficient (Wildman–Crippen LogP) is 5.64. The summed E-state index contributed by atoms with van der Waals surface area (Å²) in [4.78, 5) is 32.7. The molecule has 0 saturated heterocycles. The smallest absolute Gasteiger partial charge is 0.338 e. The van der Waals surface area contributed by atoms with Crippen molar-refractivity contribution in [2.24, 2.45) is 4.99 Å². The molecule has 0 spiro atoms. The molecule has 0 aliphatic carbocycles. The molecule has 0 bridgehead atoms. The van der Waals surface area contributed by atoms with Crippen molar-refractivity contribution in [3.05, 3.63) is 81.9 Å². The Balaban J connectivity index is 1.64. The second-order valence-electron chi connectivity index (χ2n) is 9.20. The minimum absolute atomic E-state index is 0.138. The highest BCUT2D eigenvalue weighted by atomic mass is 32.2. The van der Waals surface area contributed by atoms with Crippen molar-refractivity contribution in [3.8, 4) is 0 Å². The van der Waals surface area contributed by atoms with Crippen LogP contribution >= 0.6 is 11.8 Å². The van der Waals surface area contributed by atoms with Gasteiger partial charge in [-0.1, -0.05) is 49.9 Å². The number of nitrogens with zero attached hydrogens (tertiary/aromatic N) is 2. The number of rotatable bonds is 8. The lowest BCUT2D eigenvalue weighted by Gasteiger charge is -2.36. The minimum atomic E-state index is -0.436. The molecule has 184 valence electrons. The third kappa shape index (κ3) is 5.53. The number of amidine groups is 1. The maximum atomic E-state index is 13.2. The summed E-state index contributed by atoms with van der Waals surface area (Å²) in [5, 5.41) is 5.58. The Hall–Kier alpha value is -3.26. The quantitative estimate of drug-likeness (QED) is 0.480. The summed E-state index contributed by atoms with van der Waals surface area (Å²) < 4.78 is 10.9. The van der Waals surface area contributed by atoms with Crippen molar-refractivity contribution < 1.29 is 18.7 Å². The van der Waals surface area contributed by atoms with E-state index in [2.05, 4.69) is 43.4 Å². The lowest BCUT2D eigenvalue weighted by Crippen LogP contribution is -2.38. The first-order valence-electron chi connectivity index (χ1n) is 11.8. The van der Waals surface area contributed by atoms with Crippen LogP contribution in [0.3, 0.4) is 0 Å². The molecule has 0 fully saturated rings. The van der Waals surface area contributed by atoms with Gasteiger partial charge in [0.25, 0.3) is 0 Å². The number of allylic oxidation sites excluding steroid dienone is 1. The number of fused-ring (bicyclic) bond motifs is 1. The number of thioether (sulfide) groups is 1. The van der Waals surface area contributed by atoms with Gasteiger partial charge in [0.15, 0.2) is 5.17 Å². The summed E-state index contributed by atoms with van der Waals surface area (Å²) in [6.07, 6.45) is 1.47. The average Bonchev–Trinajstić information content (AvgIpc) is 3.46. The van der Waals surface area contributed by atoms with Crippen LogP contribution in [0.5, 0.6) is 0 Å². The fourth-order valence-electron chi connectivity index (χ4n) is 4.11. The SMILES string of the molecule is CC1=C(C(=O)OC(C)C)[C@H](c2ccc(C(C)C)cc2)N2C(CC(=O)NCc3ccco3)=CSC2=N1. The van der Waals surface area contributed by atoms with Gasteiger partial charge in [0.1, 0.15) is 5.76 Å². The summed E-state index contributed by atoms with van der Waals surface area (Å²) >= 11 is 1.46. The second kappa shape index (κ2) is 10.6. The summed E-state index contributed by atoms with van der Waals surface area (Å²) in [7, 11) is 0. The highest BCUT2D eigenvalue weighted by Gasteiger charge is 2.41. The highest BCUT2D eigenvalue weighted by Crippen LogP contribution is 2.45. The second-order valence-corrected chi connectivity index (χ2v) is 10.0. The molecule has 2 aliphatic heterocycles. The molecule has 0 radical (unpaired) electrons. The Labute approximate surface area is 210 Å². The summed E-state index contributed by atoms with van der Waals surface area (Å²) in [6, 6.07) is 11.5. The first kappa shape index (κ1) is 24.9. The number of nitrogens with one attached hydrogen (secondary N) is 1. The van der Waals surface area contributed by atoms with Gasteiger partial charge in [0, 0.05) is 5.70 Å². The van der Waals surface area contributed by atoms with Crippen molar-refractivity contribution >= 4 is 28.8 Å². The van der Waals surface area contributed by atoms with Gasteiger partial charge >= 0.3 is 5.97 Å².